The third kappa shape index (κ3) is 5.49. The van der Waals surface area contributed by atoms with Gasteiger partial charge in [0.05, 0.1) is 27.3 Å². The first-order valence-corrected chi connectivity index (χ1v) is 7.94. The molecule has 0 heterocycles. The minimum absolute atomic E-state index is 0.0237. The number of nitrogens with two attached hydrogens (primary N) is 1. The Morgan fingerprint density at radius 1 is 1.25 bits per heavy atom. The van der Waals surface area contributed by atoms with Crippen molar-refractivity contribution in [1.29, 1.82) is 0 Å². The standard InChI is InChI=1S/C10H12Cl2N2O5S/c11-8-5-7(14(15)16)6-9(12)10(8)19-3-1-2-4-20(13,17)18/h5-6H,1-4H2,(H2,13,17,18). The molecule has 20 heavy (non-hydrogen) atoms. The number of hydrogen-bond acceptors (Lipinski definition) is 5. The Bertz CT molecular complexity index is 583. The molecular formula is C10H12Cl2N2O5S. The molecule has 0 bridgehead atoms. The number of nitro groups is 1. The fourth-order valence-electron chi connectivity index (χ4n) is 1.37. The number of nitro benzene ring substituents is 1. The number of hydrogen-bond donors (Lipinski definition) is 1. The average Bonchev–Trinajstić information content (AvgIpc) is 2.29. The highest BCUT2D eigenvalue weighted by Gasteiger charge is 2.15. The second-order valence-corrected chi connectivity index (χ2v) is 6.47. The molecule has 0 aromatic heterocycles. The van der Waals surface area contributed by atoms with Crippen molar-refractivity contribution in [3.63, 3.8) is 0 Å². The van der Waals surface area contributed by atoms with Crippen LogP contribution in [0, 0.1) is 10.1 Å². The molecule has 0 aliphatic rings. The van der Waals surface area contributed by atoms with E-state index in [2.05, 4.69) is 0 Å². The maximum Gasteiger partial charge on any atom is 0.272 e. The highest BCUT2D eigenvalue weighted by molar-refractivity contribution is 7.89. The summed E-state index contributed by atoms with van der Waals surface area (Å²) in [7, 11) is -3.48. The van der Waals surface area contributed by atoms with E-state index in [1.165, 1.54) is 0 Å². The summed E-state index contributed by atoms with van der Waals surface area (Å²) in [5.74, 6) is -0.00696. The summed E-state index contributed by atoms with van der Waals surface area (Å²) in [4.78, 5) is 9.97. The van der Waals surface area contributed by atoms with E-state index < -0.39 is 14.9 Å². The zero-order valence-corrected chi connectivity index (χ0v) is 12.5. The molecule has 10 heteroatoms. The van der Waals surface area contributed by atoms with Gasteiger partial charge in [0.1, 0.15) is 0 Å². The average molecular weight is 343 g/mol. The third-order valence-electron chi connectivity index (χ3n) is 2.26. The SMILES string of the molecule is NS(=O)(=O)CCCCOc1c(Cl)cc([N+](=O)[O-])cc1Cl. The molecular weight excluding hydrogens is 331 g/mol. The van der Waals surface area contributed by atoms with E-state index in [0.29, 0.717) is 12.8 Å². The van der Waals surface area contributed by atoms with Crippen molar-refractivity contribution in [2.45, 2.75) is 12.8 Å². The summed E-state index contributed by atoms with van der Waals surface area (Å²) >= 11 is 11.7. The van der Waals surface area contributed by atoms with E-state index in [9.17, 15) is 18.5 Å². The number of primary sulfonamides is 1. The lowest BCUT2D eigenvalue weighted by molar-refractivity contribution is -0.384. The molecule has 2 N–H and O–H groups in total. The first-order chi connectivity index (χ1) is 9.20. The van der Waals surface area contributed by atoms with Crippen LogP contribution in [0.1, 0.15) is 12.8 Å². The van der Waals surface area contributed by atoms with Gasteiger partial charge in [-0.2, -0.15) is 0 Å². The minimum atomic E-state index is -3.48. The molecule has 0 saturated heterocycles. The number of halogens is 2. The molecule has 0 aliphatic heterocycles. The van der Waals surface area contributed by atoms with E-state index in [-0.39, 0.29) is 33.8 Å². The van der Waals surface area contributed by atoms with Crippen molar-refractivity contribution in [2.24, 2.45) is 5.14 Å². The monoisotopic (exact) mass is 342 g/mol. The second-order valence-electron chi connectivity index (χ2n) is 3.92. The fraction of sp³-hybridized carbons (Fsp3) is 0.400. The summed E-state index contributed by atoms with van der Waals surface area (Å²) < 4.78 is 26.7. The van der Waals surface area contributed by atoms with Crippen LogP contribution in [0.5, 0.6) is 5.75 Å². The van der Waals surface area contributed by atoms with Crippen molar-refractivity contribution < 1.29 is 18.1 Å². The topological polar surface area (TPSA) is 113 Å². The number of sulfonamides is 1. The minimum Gasteiger partial charge on any atom is -0.490 e. The fourth-order valence-corrected chi connectivity index (χ4v) is 2.56. The Morgan fingerprint density at radius 3 is 2.25 bits per heavy atom. The van der Waals surface area contributed by atoms with Gasteiger partial charge in [-0.25, -0.2) is 13.6 Å². The zero-order valence-electron chi connectivity index (χ0n) is 10.2. The van der Waals surface area contributed by atoms with Gasteiger partial charge in [0.15, 0.2) is 5.75 Å². The number of unbranched alkanes of at least 4 members (excludes halogenated alkanes) is 1. The molecule has 1 aromatic rings. The molecule has 112 valence electrons. The van der Waals surface area contributed by atoms with Gasteiger partial charge >= 0.3 is 0 Å². The van der Waals surface area contributed by atoms with Gasteiger partial charge in [0.2, 0.25) is 10.0 Å². The van der Waals surface area contributed by atoms with Crippen molar-refractivity contribution in [1.82, 2.24) is 0 Å². The highest BCUT2D eigenvalue weighted by atomic mass is 35.5. The van der Waals surface area contributed by atoms with Gasteiger partial charge in [0.25, 0.3) is 5.69 Å². The van der Waals surface area contributed by atoms with Crippen LogP contribution in [0.4, 0.5) is 5.69 Å². The summed E-state index contributed by atoms with van der Waals surface area (Å²) in [6.07, 6.45) is 0.765. The predicted molar refractivity (Wildman–Crippen MR) is 75.8 cm³/mol. The Labute approximate surface area is 125 Å². The number of nitrogens with zero attached hydrogens (tertiary/aromatic N) is 1. The number of rotatable bonds is 7. The van der Waals surface area contributed by atoms with Crippen LogP contribution in [0.3, 0.4) is 0 Å². The lowest BCUT2D eigenvalue weighted by atomic mass is 10.3. The number of ether oxygens (including phenoxy) is 1. The molecule has 0 atom stereocenters. The quantitative estimate of drug-likeness (QED) is 0.464. The molecule has 1 aromatic carbocycles. The maximum absolute atomic E-state index is 10.7. The first kappa shape index (κ1) is 17.0. The van der Waals surface area contributed by atoms with Crippen LogP contribution < -0.4 is 9.88 Å². The van der Waals surface area contributed by atoms with Crippen molar-refractivity contribution in [3.05, 3.63) is 32.3 Å². The Balaban J connectivity index is 2.59. The molecule has 0 fully saturated rings. The second kappa shape index (κ2) is 7.07. The molecule has 0 amide bonds. The molecule has 0 aliphatic carbocycles. The molecule has 0 spiro atoms. The van der Waals surface area contributed by atoms with Crippen LogP contribution in [-0.4, -0.2) is 25.7 Å². The van der Waals surface area contributed by atoms with E-state index in [1.54, 1.807) is 0 Å². The normalized spacial score (nSPS) is 11.3. The lowest BCUT2D eigenvalue weighted by Gasteiger charge is -2.09. The summed E-state index contributed by atoms with van der Waals surface area (Å²) in [5.41, 5.74) is -0.235. The van der Waals surface area contributed by atoms with Gasteiger partial charge in [-0.3, -0.25) is 10.1 Å². The molecule has 0 radical (unpaired) electrons. The summed E-state index contributed by atoms with van der Waals surface area (Å²) in [6, 6.07) is 2.26. The Hall–Kier alpha value is -1.09. The Morgan fingerprint density at radius 2 is 1.80 bits per heavy atom. The van der Waals surface area contributed by atoms with E-state index in [1.807, 2.05) is 0 Å². The maximum atomic E-state index is 10.7. The van der Waals surface area contributed by atoms with Gasteiger partial charge in [-0.15, -0.1) is 0 Å². The number of non-ortho nitro benzene ring substituents is 1. The zero-order chi connectivity index (χ0) is 15.3. The van der Waals surface area contributed by atoms with Crippen molar-refractivity contribution in [2.75, 3.05) is 12.4 Å². The first-order valence-electron chi connectivity index (χ1n) is 5.47. The van der Waals surface area contributed by atoms with Crippen molar-refractivity contribution in [3.8, 4) is 5.75 Å². The van der Waals surface area contributed by atoms with Gasteiger partial charge in [0, 0.05) is 12.1 Å². The van der Waals surface area contributed by atoms with Crippen LogP contribution in [0.25, 0.3) is 0 Å². The van der Waals surface area contributed by atoms with E-state index in [0.717, 1.165) is 12.1 Å². The summed E-state index contributed by atoms with van der Waals surface area (Å²) in [5, 5.41) is 15.5. The van der Waals surface area contributed by atoms with Gasteiger partial charge in [-0.05, 0) is 12.8 Å². The third-order valence-corrected chi connectivity index (χ3v) is 3.68. The highest BCUT2D eigenvalue weighted by Crippen LogP contribution is 2.36. The van der Waals surface area contributed by atoms with Crippen molar-refractivity contribution >= 4 is 38.9 Å². The molecule has 7 nitrogen and oxygen atoms in total. The van der Waals surface area contributed by atoms with Crippen LogP contribution >= 0.6 is 23.2 Å². The van der Waals surface area contributed by atoms with Crippen LogP contribution in [-0.2, 0) is 10.0 Å². The number of benzene rings is 1. The largest absolute Gasteiger partial charge is 0.490 e. The molecule has 0 unspecified atom stereocenters. The smallest absolute Gasteiger partial charge is 0.272 e. The molecule has 0 saturated carbocycles. The Kier molecular flexibility index (Phi) is 6.00. The van der Waals surface area contributed by atoms with Crippen LogP contribution in [0.15, 0.2) is 12.1 Å². The van der Waals surface area contributed by atoms with Gasteiger partial charge in [-0.1, -0.05) is 23.2 Å². The van der Waals surface area contributed by atoms with Gasteiger partial charge < -0.3 is 4.74 Å². The molecule has 1 rings (SSSR count). The lowest BCUT2D eigenvalue weighted by Crippen LogP contribution is -2.16. The van der Waals surface area contributed by atoms with E-state index in [4.69, 9.17) is 33.1 Å². The summed E-state index contributed by atoms with van der Waals surface area (Å²) in [6.45, 7) is 0.173. The van der Waals surface area contributed by atoms with Crippen LogP contribution in [0.2, 0.25) is 10.0 Å². The predicted octanol–water partition coefficient (Wildman–Crippen LogP) is 2.35. The van der Waals surface area contributed by atoms with E-state index >= 15 is 0 Å².